The van der Waals surface area contributed by atoms with Gasteiger partial charge in [-0.3, -0.25) is 0 Å². The first-order valence-electron chi connectivity index (χ1n) is 9.77. The maximum absolute atomic E-state index is 10.5. The fourth-order valence-corrected chi connectivity index (χ4v) is 3.56. The molecule has 0 aliphatic rings. The Morgan fingerprint density at radius 2 is 1.97 bits per heavy atom. The smallest absolute Gasteiger partial charge is 0.307 e. The average Bonchev–Trinajstić information content (AvgIpc) is 3.32. The Balaban J connectivity index is 1.66. The zero-order valence-electron chi connectivity index (χ0n) is 16.8. The van der Waals surface area contributed by atoms with Gasteiger partial charge in [-0.1, -0.05) is 19.9 Å². The normalized spacial score (nSPS) is 13.9. The molecule has 0 saturated heterocycles. The second kappa shape index (κ2) is 7.77. The summed E-state index contributed by atoms with van der Waals surface area (Å²) in [6.07, 6.45) is 4.12. The molecule has 0 amide bonds. The summed E-state index contributed by atoms with van der Waals surface area (Å²) in [5, 5.41) is 24.8. The number of pyridine rings is 1. The fraction of sp³-hybridized carbons (Fsp3) is 0.318. The van der Waals surface area contributed by atoms with E-state index in [4.69, 9.17) is 0 Å². The fourth-order valence-electron chi connectivity index (χ4n) is 3.56. The van der Waals surface area contributed by atoms with Crippen molar-refractivity contribution in [1.29, 1.82) is 0 Å². The van der Waals surface area contributed by atoms with Gasteiger partial charge in [0.15, 0.2) is 0 Å². The highest BCUT2D eigenvalue weighted by molar-refractivity contribution is 5.79. The number of fused-ring (bicyclic) bond motifs is 1. The number of hydrogen-bond donors (Lipinski definition) is 3. The summed E-state index contributed by atoms with van der Waals surface area (Å²) in [4.78, 5) is 8.94. The molecule has 0 unspecified atom stereocenters. The summed E-state index contributed by atoms with van der Waals surface area (Å²) < 4.78 is 3.80. The van der Waals surface area contributed by atoms with E-state index in [1.165, 1.54) is 0 Å². The van der Waals surface area contributed by atoms with Crippen molar-refractivity contribution in [2.45, 2.75) is 32.5 Å². The van der Waals surface area contributed by atoms with E-state index in [1.54, 1.807) is 17.2 Å². The van der Waals surface area contributed by atoms with Gasteiger partial charge in [-0.25, -0.2) is 4.98 Å². The number of aromatic amines is 1. The number of aliphatic hydroxyl groups is 2. The van der Waals surface area contributed by atoms with Crippen LogP contribution in [-0.2, 0) is 7.05 Å². The Morgan fingerprint density at radius 3 is 2.69 bits per heavy atom. The number of aliphatic hydroxyl groups excluding tert-OH is 2. The third kappa shape index (κ3) is 3.92. The van der Waals surface area contributed by atoms with Gasteiger partial charge < -0.3 is 14.8 Å². The van der Waals surface area contributed by atoms with Crippen LogP contribution in [0.4, 0.5) is 0 Å². The molecule has 0 aliphatic carbocycles. The minimum absolute atomic E-state index is 0.307. The summed E-state index contributed by atoms with van der Waals surface area (Å²) in [5.41, 5.74) is 3.37. The van der Waals surface area contributed by atoms with Crippen LogP contribution in [0.3, 0.4) is 0 Å². The molecule has 0 aliphatic heterocycles. The molecule has 3 heterocycles. The van der Waals surface area contributed by atoms with Gasteiger partial charge in [0, 0.05) is 34.6 Å². The molecule has 0 fully saturated rings. The number of aromatic nitrogens is 5. The first kappa shape index (κ1) is 19.3. The van der Waals surface area contributed by atoms with Gasteiger partial charge >= 0.3 is 6.33 Å². The lowest BCUT2D eigenvalue weighted by molar-refractivity contribution is -0.727. The molecule has 4 aromatic rings. The summed E-state index contributed by atoms with van der Waals surface area (Å²) in [7, 11) is 1.90. The third-order valence-corrected chi connectivity index (χ3v) is 5.01. The van der Waals surface area contributed by atoms with Crippen LogP contribution in [0, 0.1) is 5.92 Å². The Bertz CT molecular complexity index is 1130. The van der Waals surface area contributed by atoms with Crippen LogP contribution in [0.5, 0.6) is 0 Å². The van der Waals surface area contributed by atoms with Crippen molar-refractivity contribution in [1.82, 2.24) is 19.6 Å². The van der Waals surface area contributed by atoms with Crippen molar-refractivity contribution >= 4 is 11.0 Å². The number of aryl methyl sites for hydroxylation is 1. The molecule has 4 rings (SSSR count). The summed E-state index contributed by atoms with van der Waals surface area (Å²) in [6, 6.07) is 11.9. The van der Waals surface area contributed by atoms with Crippen LogP contribution in [0.1, 0.15) is 31.9 Å². The van der Waals surface area contributed by atoms with Crippen molar-refractivity contribution < 1.29 is 14.9 Å². The molecule has 0 bridgehead atoms. The molecule has 0 radical (unpaired) electrons. The molecular weight excluding hydrogens is 366 g/mol. The van der Waals surface area contributed by atoms with E-state index in [9.17, 15) is 10.2 Å². The van der Waals surface area contributed by atoms with Gasteiger partial charge in [0.1, 0.15) is 18.8 Å². The predicted molar refractivity (Wildman–Crippen MR) is 110 cm³/mol. The highest BCUT2D eigenvalue weighted by atomic mass is 16.3. The average molecular weight is 392 g/mol. The van der Waals surface area contributed by atoms with Crippen molar-refractivity contribution in [3.05, 3.63) is 60.7 Å². The summed E-state index contributed by atoms with van der Waals surface area (Å²) in [6.45, 7) is 4.04. The number of H-pyrrole nitrogens is 1. The predicted octanol–water partition coefficient (Wildman–Crippen LogP) is 2.68. The van der Waals surface area contributed by atoms with E-state index >= 15 is 0 Å². The quantitative estimate of drug-likeness (QED) is 0.440. The monoisotopic (exact) mass is 392 g/mol. The Hall–Kier alpha value is -3.03. The van der Waals surface area contributed by atoms with Crippen LogP contribution >= 0.6 is 0 Å². The number of hydrogen-bond acceptors (Lipinski definition) is 4. The van der Waals surface area contributed by atoms with Crippen LogP contribution in [0.25, 0.3) is 28.1 Å². The molecule has 2 atom stereocenters. The van der Waals surface area contributed by atoms with Crippen molar-refractivity contribution in [2.75, 3.05) is 0 Å². The van der Waals surface area contributed by atoms with Crippen molar-refractivity contribution in [3.8, 4) is 17.1 Å². The number of rotatable bonds is 6. The highest BCUT2D eigenvalue weighted by Crippen LogP contribution is 2.27. The first-order valence-corrected chi connectivity index (χ1v) is 9.77. The molecule has 1 aromatic carbocycles. The van der Waals surface area contributed by atoms with E-state index in [2.05, 4.69) is 21.1 Å². The van der Waals surface area contributed by atoms with Crippen LogP contribution in [0.15, 0.2) is 55.1 Å². The van der Waals surface area contributed by atoms with Crippen molar-refractivity contribution in [3.63, 3.8) is 0 Å². The molecule has 7 nitrogen and oxygen atoms in total. The Labute approximate surface area is 169 Å². The van der Waals surface area contributed by atoms with Crippen LogP contribution < -0.4 is 4.68 Å². The molecule has 150 valence electrons. The van der Waals surface area contributed by atoms with E-state index in [-0.39, 0.29) is 0 Å². The summed E-state index contributed by atoms with van der Waals surface area (Å²) in [5.74, 6) is 1.10. The maximum Gasteiger partial charge on any atom is 0.307 e. The standard InChI is InChI=1S/C22H25N5O2/c1-14(2)9-19(28)20(29)17-10-16-7-8-27(22(16)23-12-17)18-6-4-5-15(11-18)21-24-13-26(3)25-21/h4-8,10-14,19-20,28-29H,9H2,1-3H3/p+1/t19-,20-/m1/s1. The number of benzene rings is 1. The maximum atomic E-state index is 10.5. The van der Waals surface area contributed by atoms with E-state index in [0.717, 1.165) is 28.1 Å². The molecule has 7 heteroatoms. The lowest BCUT2D eigenvalue weighted by Gasteiger charge is -2.19. The number of nitrogens with one attached hydrogen (secondary N) is 1. The molecule has 3 aromatic heterocycles. The Kier molecular flexibility index (Phi) is 5.17. The minimum Gasteiger partial charge on any atom is -0.390 e. The SMILES string of the molecule is CC(C)C[C@@H](O)[C@H](O)c1cnc2c(ccn2-c2cccc(-c3nc[n+](C)[nH]3)c2)c1. The van der Waals surface area contributed by atoms with Crippen LogP contribution in [-0.4, -0.2) is 36.0 Å². The zero-order valence-corrected chi connectivity index (χ0v) is 16.8. The van der Waals surface area contributed by atoms with Crippen molar-refractivity contribution in [2.24, 2.45) is 13.0 Å². The lowest BCUT2D eigenvalue weighted by Crippen LogP contribution is -2.28. The summed E-state index contributed by atoms with van der Waals surface area (Å²) >= 11 is 0. The molecule has 29 heavy (non-hydrogen) atoms. The molecule has 0 saturated carbocycles. The van der Waals surface area contributed by atoms with Gasteiger partial charge in [0.25, 0.3) is 5.82 Å². The van der Waals surface area contributed by atoms with Gasteiger partial charge in [-0.15, -0.1) is 0 Å². The van der Waals surface area contributed by atoms with E-state index in [0.29, 0.717) is 17.9 Å². The molecule has 3 N–H and O–H groups in total. The Morgan fingerprint density at radius 1 is 1.14 bits per heavy atom. The second-order valence-electron chi connectivity index (χ2n) is 7.88. The van der Waals surface area contributed by atoms with Crippen LogP contribution in [0.2, 0.25) is 0 Å². The largest absolute Gasteiger partial charge is 0.390 e. The van der Waals surface area contributed by atoms with Gasteiger partial charge in [-0.2, -0.15) is 9.78 Å². The number of nitrogens with zero attached hydrogens (tertiary/aromatic N) is 4. The molecule has 0 spiro atoms. The van der Waals surface area contributed by atoms with E-state index < -0.39 is 12.2 Å². The topological polar surface area (TPSA) is 90.8 Å². The first-order chi connectivity index (χ1) is 13.9. The zero-order chi connectivity index (χ0) is 20.5. The van der Waals surface area contributed by atoms with Gasteiger partial charge in [-0.05, 0) is 47.7 Å². The van der Waals surface area contributed by atoms with Gasteiger partial charge in [0.05, 0.1) is 6.10 Å². The highest BCUT2D eigenvalue weighted by Gasteiger charge is 2.21. The van der Waals surface area contributed by atoms with E-state index in [1.807, 2.05) is 62.0 Å². The third-order valence-electron chi connectivity index (χ3n) is 5.01. The molecular formula is C22H26N5O2+. The second-order valence-corrected chi connectivity index (χ2v) is 7.88. The van der Waals surface area contributed by atoms with Gasteiger partial charge in [0.2, 0.25) is 0 Å². The lowest BCUT2D eigenvalue weighted by atomic mass is 9.97. The minimum atomic E-state index is -0.944.